The molecule has 3 heteroatoms. The van der Waals surface area contributed by atoms with E-state index in [0.29, 0.717) is 0 Å². The molecular weight excluding hydrogens is 250 g/mol. The van der Waals surface area contributed by atoms with Gasteiger partial charge in [0.15, 0.2) is 0 Å². The summed E-state index contributed by atoms with van der Waals surface area (Å²) in [5.41, 5.74) is 6.83. The minimum absolute atomic E-state index is 0.0520. The maximum atomic E-state index is 9.37. The lowest BCUT2D eigenvalue weighted by atomic mass is 9.82. The molecule has 0 heterocycles. The highest BCUT2D eigenvalue weighted by Gasteiger charge is 2.26. The van der Waals surface area contributed by atoms with Crippen LogP contribution < -0.4 is 10.5 Å². The molecule has 20 heavy (non-hydrogen) atoms. The van der Waals surface area contributed by atoms with Crippen molar-refractivity contribution in [2.24, 2.45) is 11.1 Å². The first-order chi connectivity index (χ1) is 9.53. The van der Waals surface area contributed by atoms with E-state index in [9.17, 15) is 5.11 Å². The van der Waals surface area contributed by atoms with Crippen molar-refractivity contribution in [1.82, 2.24) is 0 Å². The molecular formula is C17H21NO2. The molecule has 1 atom stereocenters. The summed E-state index contributed by atoms with van der Waals surface area (Å²) >= 11 is 0. The van der Waals surface area contributed by atoms with Gasteiger partial charge < -0.3 is 15.6 Å². The van der Waals surface area contributed by atoms with Crippen molar-refractivity contribution >= 4 is 0 Å². The highest BCUT2D eigenvalue weighted by Crippen LogP contribution is 2.32. The Kier molecular flexibility index (Phi) is 4.42. The van der Waals surface area contributed by atoms with Gasteiger partial charge in [0.25, 0.3) is 0 Å². The molecule has 3 nitrogen and oxygen atoms in total. The molecule has 2 aromatic carbocycles. The molecule has 0 unspecified atom stereocenters. The zero-order valence-electron chi connectivity index (χ0n) is 11.9. The molecule has 0 aliphatic carbocycles. The number of aliphatic hydroxyl groups is 1. The van der Waals surface area contributed by atoms with E-state index in [2.05, 4.69) is 0 Å². The topological polar surface area (TPSA) is 55.5 Å². The van der Waals surface area contributed by atoms with Crippen LogP contribution in [0, 0.1) is 5.41 Å². The first kappa shape index (κ1) is 14.6. The average Bonchev–Trinajstić information content (AvgIpc) is 2.48. The molecule has 0 aliphatic heterocycles. The van der Waals surface area contributed by atoms with Crippen LogP contribution in [0.5, 0.6) is 11.5 Å². The third-order valence-corrected chi connectivity index (χ3v) is 3.47. The lowest BCUT2D eigenvalue weighted by Crippen LogP contribution is -2.32. The maximum absolute atomic E-state index is 9.37. The van der Waals surface area contributed by atoms with E-state index in [1.807, 2.05) is 68.4 Å². The summed E-state index contributed by atoms with van der Waals surface area (Å²) < 4.78 is 5.73. The summed E-state index contributed by atoms with van der Waals surface area (Å²) in [5, 5.41) is 9.37. The molecule has 0 saturated carbocycles. The summed E-state index contributed by atoms with van der Waals surface area (Å²) in [5.74, 6) is 1.58. The van der Waals surface area contributed by atoms with Crippen LogP contribution in [0.2, 0.25) is 0 Å². The Morgan fingerprint density at radius 3 is 2.10 bits per heavy atom. The summed E-state index contributed by atoms with van der Waals surface area (Å²) in [6.07, 6.45) is 0. The summed E-state index contributed by atoms with van der Waals surface area (Å²) in [7, 11) is 0. The smallest absolute Gasteiger partial charge is 0.127 e. The van der Waals surface area contributed by atoms with Crippen molar-refractivity contribution in [3.63, 3.8) is 0 Å². The fourth-order valence-electron chi connectivity index (χ4n) is 1.92. The highest BCUT2D eigenvalue weighted by molar-refractivity contribution is 5.34. The molecule has 2 rings (SSSR count). The SMILES string of the molecule is CC(C)(CO)[C@@H](N)c1ccc(Oc2ccccc2)cc1. The van der Waals surface area contributed by atoms with Crippen molar-refractivity contribution in [2.45, 2.75) is 19.9 Å². The second kappa shape index (κ2) is 6.07. The number of para-hydroxylation sites is 1. The van der Waals surface area contributed by atoms with Crippen LogP contribution in [0.15, 0.2) is 54.6 Å². The zero-order valence-corrected chi connectivity index (χ0v) is 11.9. The van der Waals surface area contributed by atoms with Gasteiger partial charge in [-0.15, -0.1) is 0 Å². The highest BCUT2D eigenvalue weighted by atomic mass is 16.5. The van der Waals surface area contributed by atoms with E-state index in [4.69, 9.17) is 10.5 Å². The van der Waals surface area contributed by atoms with Crippen LogP contribution in [-0.2, 0) is 0 Å². The molecule has 0 fully saturated rings. The number of hydrogen-bond acceptors (Lipinski definition) is 3. The quantitative estimate of drug-likeness (QED) is 0.875. The lowest BCUT2D eigenvalue weighted by molar-refractivity contribution is 0.132. The van der Waals surface area contributed by atoms with E-state index >= 15 is 0 Å². The van der Waals surface area contributed by atoms with Gasteiger partial charge in [-0.25, -0.2) is 0 Å². The Balaban J connectivity index is 2.11. The first-order valence-corrected chi connectivity index (χ1v) is 6.72. The van der Waals surface area contributed by atoms with Crippen LogP contribution >= 0.6 is 0 Å². The largest absolute Gasteiger partial charge is 0.457 e. The van der Waals surface area contributed by atoms with Crippen molar-refractivity contribution in [3.05, 3.63) is 60.2 Å². The van der Waals surface area contributed by atoms with Gasteiger partial charge in [-0.3, -0.25) is 0 Å². The van der Waals surface area contributed by atoms with Gasteiger partial charge in [0, 0.05) is 18.1 Å². The number of rotatable bonds is 5. The molecule has 0 amide bonds. The van der Waals surface area contributed by atoms with Gasteiger partial charge >= 0.3 is 0 Å². The molecule has 0 bridgehead atoms. The van der Waals surface area contributed by atoms with Gasteiger partial charge in [-0.2, -0.15) is 0 Å². The lowest BCUT2D eigenvalue weighted by Gasteiger charge is -2.29. The number of nitrogens with two attached hydrogens (primary N) is 1. The van der Waals surface area contributed by atoms with Crippen LogP contribution in [0.1, 0.15) is 25.5 Å². The molecule has 0 aromatic heterocycles. The van der Waals surface area contributed by atoms with Gasteiger partial charge in [0.2, 0.25) is 0 Å². The predicted octanol–water partition coefficient (Wildman–Crippen LogP) is 3.50. The summed E-state index contributed by atoms with van der Waals surface area (Å²) in [4.78, 5) is 0. The number of benzene rings is 2. The van der Waals surface area contributed by atoms with Crippen LogP contribution in [0.4, 0.5) is 0 Å². The summed E-state index contributed by atoms with van der Waals surface area (Å²) in [6, 6.07) is 17.1. The van der Waals surface area contributed by atoms with E-state index < -0.39 is 0 Å². The molecule has 0 radical (unpaired) electrons. The average molecular weight is 271 g/mol. The zero-order chi connectivity index (χ0) is 14.6. The Labute approximate surface area is 120 Å². The van der Waals surface area contributed by atoms with Crippen LogP contribution in [-0.4, -0.2) is 11.7 Å². The van der Waals surface area contributed by atoms with Gasteiger partial charge in [0.05, 0.1) is 0 Å². The number of ether oxygens (including phenoxy) is 1. The Hall–Kier alpha value is -1.84. The first-order valence-electron chi connectivity index (χ1n) is 6.72. The molecule has 2 aromatic rings. The van der Waals surface area contributed by atoms with Crippen molar-refractivity contribution in [1.29, 1.82) is 0 Å². The second-order valence-corrected chi connectivity index (χ2v) is 5.61. The van der Waals surface area contributed by atoms with E-state index in [1.165, 1.54) is 0 Å². The predicted molar refractivity (Wildman–Crippen MR) is 80.8 cm³/mol. The standard InChI is InChI=1S/C17H21NO2/c1-17(2,12-19)16(18)13-8-10-15(11-9-13)20-14-6-4-3-5-7-14/h3-11,16,19H,12,18H2,1-2H3/t16-/m0/s1. The van der Waals surface area contributed by atoms with Gasteiger partial charge in [-0.1, -0.05) is 44.2 Å². The maximum Gasteiger partial charge on any atom is 0.127 e. The monoisotopic (exact) mass is 271 g/mol. The fourth-order valence-corrected chi connectivity index (χ4v) is 1.92. The fraction of sp³-hybridized carbons (Fsp3) is 0.294. The number of aliphatic hydroxyl groups excluding tert-OH is 1. The minimum Gasteiger partial charge on any atom is -0.457 e. The van der Waals surface area contributed by atoms with Crippen LogP contribution in [0.25, 0.3) is 0 Å². The molecule has 0 saturated heterocycles. The summed E-state index contributed by atoms with van der Waals surface area (Å²) in [6.45, 7) is 3.95. The van der Waals surface area contributed by atoms with E-state index in [0.717, 1.165) is 17.1 Å². The Bertz CT molecular complexity index is 535. The molecule has 0 spiro atoms. The van der Waals surface area contributed by atoms with E-state index in [-0.39, 0.29) is 18.1 Å². The Morgan fingerprint density at radius 2 is 1.55 bits per heavy atom. The van der Waals surface area contributed by atoms with E-state index in [1.54, 1.807) is 0 Å². The minimum atomic E-state index is -0.345. The normalized spacial score (nSPS) is 13.0. The third kappa shape index (κ3) is 3.38. The van der Waals surface area contributed by atoms with Gasteiger partial charge in [-0.05, 0) is 29.8 Å². The Morgan fingerprint density at radius 1 is 1.00 bits per heavy atom. The molecule has 3 N–H and O–H groups in total. The second-order valence-electron chi connectivity index (χ2n) is 5.61. The van der Waals surface area contributed by atoms with Crippen molar-refractivity contribution in [3.8, 4) is 11.5 Å². The molecule has 0 aliphatic rings. The molecule has 106 valence electrons. The number of hydrogen-bond donors (Lipinski definition) is 2. The third-order valence-electron chi connectivity index (χ3n) is 3.47. The van der Waals surface area contributed by atoms with Crippen molar-refractivity contribution in [2.75, 3.05) is 6.61 Å². The van der Waals surface area contributed by atoms with Gasteiger partial charge in [0.1, 0.15) is 11.5 Å². The van der Waals surface area contributed by atoms with Crippen LogP contribution in [0.3, 0.4) is 0 Å². The van der Waals surface area contributed by atoms with Crippen molar-refractivity contribution < 1.29 is 9.84 Å².